The van der Waals surface area contributed by atoms with Crippen molar-refractivity contribution in [3.8, 4) is 17.2 Å². The molecule has 0 spiro atoms. The molecule has 2 rings (SSSR count). The molecule has 6 heteroatoms. The van der Waals surface area contributed by atoms with E-state index < -0.39 is 6.10 Å². The SMILES string of the molecule is COc1ccc(CNC(=O)[C@H](C)Oc2ccc(C(C)=O)cc2OC)cc1. The summed E-state index contributed by atoms with van der Waals surface area (Å²) in [5, 5.41) is 2.82. The Morgan fingerprint density at radius 2 is 1.69 bits per heavy atom. The lowest BCUT2D eigenvalue weighted by atomic mass is 10.1. The van der Waals surface area contributed by atoms with Crippen molar-refractivity contribution in [1.82, 2.24) is 5.32 Å². The first kappa shape index (κ1) is 19.3. The maximum absolute atomic E-state index is 12.3. The highest BCUT2D eigenvalue weighted by Crippen LogP contribution is 2.29. The van der Waals surface area contributed by atoms with E-state index in [0.717, 1.165) is 11.3 Å². The second-order valence-corrected chi connectivity index (χ2v) is 5.75. The molecule has 0 heterocycles. The van der Waals surface area contributed by atoms with Gasteiger partial charge in [-0.05, 0) is 49.7 Å². The molecule has 0 unspecified atom stereocenters. The summed E-state index contributed by atoms with van der Waals surface area (Å²) < 4.78 is 16.0. The molecule has 0 aliphatic heterocycles. The first-order chi connectivity index (χ1) is 12.4. The van der Waals surface area contributed by atoms with Crippen LogP contribution in [0.4, 0.5) is 0 Å². The van der Waals surface area contributed by atoms with E-state index in [9.17, 15) is 9.59 Å². The number of methoxy groups -OCH3 is 2. The molecule has 138 valence electrons. The quantitative estimate of drug-likeness (QED) is 0.735. The third kappa shape index (κ3) is 4.99. The van der Waals surface area contributed by atoms with Crippen molar-refractivity contribution in [2.75, 3.05) is 14.2 Å². The lowest BCUT2D eigenvalue weighted by Crippen LogP contribution is -2.36. The van der Waals surface area contributed by atoms with Gasteiger partial charge in [0, 0.05) is 12.1 Å². The Hall–Kier alpha value is -3.02. The third-order valence-corrected chi connectivity index (χ3v) is 3.87. The summed E-state index contributed by atoms with van der Waals surface area (Å²) >= 11 is 0. The minimum atomic E-state index is -0.717. The van der Waals surface area contributed by atoms with Gasteiger partial charge in [-0.1, -0.05) is 12.1 Å². The number of Topliss-reactive ketones (excluding diaryl/α,β-unsaturated/α-hetero) is 1. The number of hydrogen-bond donors (Lipinski definition) is 1. The van der Waals surface area contributed by atoms with Crippen molar-refractivity contribution in [2.24, 2.45) is 0 Å². The number of ether oxygens (including phenoxy) is 3. The van der Waals surface area contributed by atoms with Crippen LogP contribution in [0.3, 0.4) is 0 Å². The van der Waals surface area contributed by atoms with Crippen LogP contribution in [0.15, 0.2) is 42.5 Å². The molecule has 2 aromatic carbocycles. The van der Waals surface area contributed by atoms with Gasteiger partial charge in [-0.3, -0.25) is 9.59 Å². The van der Waals surface area contributed by atoms with Crippen molar-refractivity contribution < 1.29 is 23.8 Å². The van der Waals surface area contributed by atoms with Gasteiger partial charge in [0.05, 0.1) is 14.2 Å². The highest BCUT2D eigenvalue weighted by atomic mass is 16.5. The molecule has 0 radical (unpaired) electrons. The molecular formula is C20H23NO5. The molecule has 0 aliphatic rings. The smallest absolute Gasteiger partial charge is 0.261 e. The zero-order valence-corrected chi connectivity index (χ0v) is 15.4. The van der Waals surface area contributed by atoms with E-state index in [1.54, 1.807) is 32.2 Å². The maximum Gasteiger partial charge on any atom is 0.261 e. The fourth-order valence-electron chi connectivity index (χ4n) is 2.30. The second kappa shape index (κ2) is 8.89. The number of carbonyl (C=O) groups excluding carboxylic acids is 2. The number of benzene rings is 2. The van der Waals surface area contributed by atoms with Crippen molar-refractivity contribution in [2.45, 2.75) is 26.5 Å². The Labute approximate surface area is 153 Å². The summed E-state index contributed by atoms with van der Waals surface area (Å²) in [6.07, 6.45) is -0.717. The van der Waals surface area contributed by atoms with E-state index in [4.69, 9.17) is 14.2 Å². The molecule has 1 atom stereocenters. The highest BCUT2D eigenvalue weighted by molar-refractivity contribution is 5.94. The summed E-state index contributed by atoms with van der Waals surface area (Å²) in [4.78, 5) is 23.7. The normalized spacial score (nSPS) is 11.4. The van der Waals surface area contributed by atoms with Crippen molar-refractivity contribution in [1.29, 1.82) is 0 Å². The Bertz CT molecular complexity index is 770. The van der Waals surface area contributed by atoms with Crippen LogP contribution in [0.5, 0.6) is 17.2 Å². The van der Waals surface area contributed by atoms with Crippen LogP contribution < -0.4 is 19.5 Å². The number of rotatable bonds is 8. The van der Waals surface area contributed by atoms with Crippen molar-refractivity contribution in [3.05, 3.63) is 53.6 Å². The molecule has 0 saturated heterocycles. The summed E-state index contributed by atoms with van der Waals surface area (Å²) in [7, 11) is 3.09. The van der Waals surface area contributed by atoms with Gasteiger partial charge >= 0.3 is 0 Å². The van der Waals surface area contributed by atoms with Gasteiger partial charge in [-0.2, -0.15) is 0 Å². The molecule has 0 aliphatic carbocycles. The van der Waals surface area contributed by atoms with E-state index in [-0.39, 0.29) is 11.7 Å². The summed E-state index contributed by atoms with van der Waals surface area (Å²) in [6.45, 7) is 3.52. The van der Waals surface area contributed by atoms with E-state index in [1.165, 1.54) is 14.0 Å². The van der Waals surface area contributed by atoms with Crippen molar-refractivity contribution in [3.63, 3.8) is 0 Å². The van der Waals surface area contributed by atoms with Crippen LogP contribution in [-0.4, -0.2) is 32.0 Å². The van der Waals surface area contributed by atoms with Crippen LogP contribution >= 0.6 is 0 Å². The van der Waals surface area contributed by atoms with E-state index >= 15 is 0 Å². The summed E-state index contributed by atoms with van der Waals surface area (Å²) in [6, 6.07) is 12.3. The van der Waals surface area contributed by atoms with Crippen LogP contribution in [0.25, 0.3) is 0 Å². The molecule has 6 nitrogen and oxygen atoms in total. The van der Waals surface area contributed by atoms with E-state index in [1.807, 2.05) is 24.3 Å². The average molecular weight is 357 g/mol. The minimum Gasteiger partial charge on any atom is -0.497 e. The molecule has 0 saturated carbocycles. The fourth-order valence-corrected chi connectivity index (χ4v) is 2.30. The predicted molar refractivity (Wildman–Crippen MR) is 97.9 cm³/mol. The lowest BCUT2D eigenvalue weighted by molar-refractivity contribution is -0.127. The van der Waals surface area contributed by atoms with Gasteiger partial charge in [-0.15, -0.1) is 0 Å². The summed E-state index contributed by atoms with van der Waals surface area (Å²) in [5.74, 6) is 1.26. The van der Waals surface area contributed by atoms with Gasteiger partial charge < -0.3 is 19.5 Å². The number of amides is 1. The molecule has 1 N–H and O–H groups in total. The average Bonchev–Trinajstić information content (AvgIpc) is 2.66. The number of nitrogens with one attached hydrogen (secondary N) is 1. The predicted octanol–water partition coefficient (Wildman–Crippen LogP) is 2.99. The fraction of sp³-hybridized carbons (Fsp3) is 0.300. The van der Waals surface area contributed by atoms with Gasteiger partial charge in [0.15, 0.2) is 23.4 Å². The molecule has 0 aromatic heterocycles. The zero-order chi connectivity index (χ0) is 19.1. The van der Waals surface area contributed by atoms with Gasteiger partial charge in [0.25, 0.3) is 5.91 Å². The largest absolute Gasteiger partial charge is 0.497 e. The van der Waals surface area contributed by atoms with E-state index in [0.29, 0.717) is 23.6 Å². The highest BCUT2D eigenvalue weighted by Gasteiger charge is 2.17. The maximum atomic E-state index is 12.3. The van der Waals surface area contributed by atoms with Crippen LogP contribution in [0.1, 0.15) is 29.8 Å². The Kier molecular flexibility index (Phi) is 6.60. The second-order valence-electron chi connectivity index (χ2n) is 5.75. The molecular weight excluding hydrogens is 334 g/mol. The van der Waals surface area contributed by atoms with Gasteiger partial charge in [0.1, 0.15) is 5.75 Å². The molecule has 0 bridgehead atoms. The van der Waals surface area contributed by atoms with Gasteiger partial charge in [-0.25, -0.2) is 0 Å². The number of carbonyl (C=O) groups is 2. The van der Waals surface area contributed by atoms with Crippen molar-refractivity contribution >= 4 is 11.7 Å². The Morgan fingerprint density at radius 3 is 2.27 bits per heavy atom. The third-order valence-electron chi connectivity index (χ3n) is 3.87. The van der Waals surface area contributed by atoms with Crippen LogP contribution in [0.2, 0.25) is 0 Å². The molecule has 1 amide bonds. The minimum absolute atomic E-state index is 0.0693. The first-order valence-corrected chi connectivity index (χ1v) is 8.21. The summed E-state index contributed by atoms with van der Waals surface area (Å²) in [5.41, 5.74) is 1.47. The standard InChI is InChI=1S/C20H23NO5/c1-13(22)16-7-10-18(19(11-16)25-4)26-14(2)20(23)21-12-15-5-8-17(24-3)9-6-15/h5-11,14H,12H2,1-4H3,(H,21,23)/t14-/m0/s1. The molecule has 26 heavy (non-hydrogen) atoms. The molecule has 0 fully saturated rings. The monoisotopic (exact) mass is 357 g/mol. The van der Waals surface area contributed by atoms with Gasteiger partial charge in [0.2, 0.25) is 0 Å². The Balaban J connectivity index is 1.96. The molecule has 2 aromatic rings. The zero-order valence-electron chi connectivity index (χ0n) is 15.4. The number of hydrogen-bond acceptors (Lipinski definition) is 5. The Morgan fingerprint density at radius 1 is 1.00 bits per heavy atom. The number of ketones is 1. The van der Waals surface area contributed by atoms with Crippen LogP contribution in [-0.2, 0) is 11.3 Å². The topological polar surface area (TPSA) is 73.9 Å². The van der Waals surface area contributed by atoms with E-state index in [2.05, 4.69) is 5.32 Å². The lowest BCUT2D eigenvalue weighted by Gasteiger charge is -2.17. The van der Waals surface area contributed by atoms with Crippen LogP contribution in [0, 0.1) is 0 Å². The first-order valence-electron chi connectivity index (χ1n) is 8.21.